The lowest BCUT2D eigenvalue weighted by Crippen LogP contribution is -2.40. The lowest BCUT2D eigenvalue weighted by atomic mass is 9.95. The smallest absolute Gasteiger partial charge is 0.340 e. The molecular formula is C15H22FNO2. The first-order valence-corrected chi connectivity index (χ1v) is 6.57. The largest absolute Gasteiger partial charge is 0.465 e. The van der Waals surface area contributed by atoms with Crippen LogP contribution in [0.3, 0.4) is 0 Å². The van der Waals surface area contributed by atoms with Gasteiger partial charge in [0.15, 0.2) is 0 Å². The topological polar surface area (TPSA) is 38.3 Å². The Morgan fingerprint density at radius 3 is 2.47 bits per heavy atom. The number of benzene rings is 1. The van der Waals surface area contributed by atoms with Gasteiger partial charge in [-0.15, -0.1) is 0 Å². The fourth-order valence-electron chi connectivity index (χ4n) is 1.76. The zero-order chi connectivity index (χ0) is 14.5. The molecule has 0 aliphatic rings. The van der Waals surface area contributed by atoms with Gasteiger partial charge >= 0.3 is 5.97 Å². The summed E-state index contributed by atoms with van der Waals surface area (Å²) in [5, 5.41) is 3.42. The molecule has 0 aliphatic heterocycles. The van der Waals surface area contributed by atoms with Crippen LogP contribution < -0.4 is 5.32 Å². The van der Waals surface area contributed by atoms with E-state index in [4.69, 9.17) is 0 Å². The number of ether oxygens (including phenoxy) is 1. The lowest BCUT2D eigenvalue weighted by Gasteiger charge is -2.28. The van der Waals surface area contributed by atoms with Crippen LogP contribution in [0.5, 0.6) is 0 Å². The van der Waals surface area contributed by atoms with Gasteiger partial charge in [-0.05, 0) is 37.5 Å². The molecule has 0 bridgehead atoms. The summed E-state index contributed by atoms with van der Waals surface area (Å²) >= 11 is 0. The number of rotatable bonds is 6. The number of nitrogens with one attached hydrogen (secondary N) is 1. The van der Waals surface area contributed by atoms with Crippen LogP contribution in [0.4, 0.5) is 4.39 Å². The van der Waals surface area contributed by atoms with Crippen molar-refractivity contribution >= 4 is 5.97 Å². The highest BCUT2D eigenvalue weighted by molar-refractivity contribution is 5.89. The third kappa shape index (κ3) is 4.03. The van der Waals surface area contributed by atoms with Crippen LogP contribution in [0.1, 0.15) is 49.5 Å². The molecular weight excluding hydrogens is 245 g/mol. The quantitative estimate of drug-likeness (QED) is 0.804. The summed E-state index contributed by atoms with van der Waals surface area (Å²) in [5.74, 6) is -1.19. The molecule has 0 radical (unpaired) electrons. The van der Waals surface area contributed by atoms with Crippen LogP contribution in [0, 0.1) is 5.82 Å². The maximum Gasteiger partial charge on any atom is 0.340 e. The summed E-state index contributed by atoms with van der Waals surface area (Å²) in [7, 11) is 1.24. The zero-order valence-corrected chi connectivity index (χ0v) is 12.0. The Labute approximate surface area is 114 Å². The number of carbonyl (C=O) groups is 1. The van der Waals surface area contributed by atoms with Crippen molar-refractivity contribution in [2.24, 2.45) is 0 Å². The number of hydrogen-bond donors (Lipinski definition) is 1. The van der Waals surface area contributed by atoms with E-state index >= 15 is 0 Å². The van der Waals surface area contributed by atoms with Gasteiger partial charge in [0.05, 0.1) is 12.7 Å². The van der Waals surface area contributed by atoms with Crippen LogP contribution >= 0.6 is 0 Å². The highest BCUT2D eigenvalue weighted by Gasteiger charge is 2.19. The van der Waals surface area contributed by atoms with Gasteiger partial charge in [0.2, 0.25) is 0 Å². The van der Waals surface area contributed by atoms with Gasteiger partial charge in [-0.1, -0.05) is 19.9 Å². The van der Waals surface area contributed by atoms with Crippen molar-refractivity contribution in [1.82, 2.24) is 5.32 Å². The van der Waals surface area contributed by atoms with E-state index in [9.17, 15) is 9.18 Å². The molecule has 0 spiro atoms. The summed E-state index contributed by atoms with van der Waals surface area (Å²) in [5.41, 5.74) is 0.843. The van der Waals surface area contributed by atoms with Crippen molar-refractivity contribution < 1.29 is 13.9 Å². The molecule has 1 N–H and O–H groups in total. The molecule has 0 saturated carbocycles. The van der Waals surface area contributed by atoms with Crippen molar-refractivity contribution in [1.29, 1.82) is 0 Å². The fourth-order valence-corrected chi connectivity index (χ4v) is 1.76. The standard InChI is InChI=1S/C15H22FNO2/c1-5-15(3,6-2)17-10-11-7-8-12(13(16)9-11)14(18)19-4/h7-9,17H,5-6,10H2,1-4H3. The van der Waals surface area contributed by atoms with Crippen LogP contribution in [0.15, 0.2) is 18.2 Å². The van der Waals surface area contributed by atoms with Gasteiger partial charge in [0, 0.05) is 12.1 Å². The van der Waals surface area contributed by atoms with E-state index in [2.05, 4.69) is 30.8 Å². The minimum absolute atomic E-state index is 0.0278. The lowest BCUT2D eigenvalue weighted by molar-refractivity contribution is 0.0595. The second-order valence-corrected chi connectivity index (χ2v) is 4.93. The Morgan fingerprint density at radius 1 is 1.37 bits per heavy atom. The highest BCUT2D eigenvalue weighted by atomic mass is 19.1. The predicted octanol–water partition coefficient (Wildman–Crippen LogP) is 3.28. The number of carbonyl (C=O) groups excluding carboxylic acids is 1. The van der Waals surface area contributed by atoms with Gasteiger partial charge in [0.25, 0.3) is 0 Å². The fraction of sp³-hybridized carbons (Fsp3) is 0.533. The molecule has 0 fully saturated rings. The van der Waals surface area contributed by atoms with Crippen LogP contribution in [-0.4, -0.2) is 18.6 Å². The van der Waals surface area contributed by atoms with Crippen molar-refractivity contribution in [3.63, 3.8) is 0 Å². The molecule has 0 aromatic heterocycles. The molecule has 1 aromatic carbocycles. The van der Waals surface area contributed by atoms with Gasteiger partial charge < -0.3 is 10.1 Å². The molecule has 1 aromatic rings. The van der Waals surface area contributed by atoms with E-state index in [-0.39, 0.29) is 11.1 Å². The third-order valence-electron chi connectivity index (χ3n) is 3.72. The summed E-state index contributed by atoms with van der Waals surface area (Å²) in [6.07, 6.45) is 2.01. The maximum atomic E-state index is 13.7. The maximum absolute atomic E-state index is 13.7. The Balaban J connectivity index is 2.77. The number of methoxy groups -OCH3 is 1. The van der Waals surface area contributed by atoms with Crippen molar-refractivity contribution in [2.45, 2.75) is 45.7 Å². The van der Waals surface area contributed by atoms with Gasteiger partial charge in [-0.2, -0.15) is 0 Å². The highest BCUT2D eigenvalue weighted by Crippen LogP contribution is 2.16. The second kappa shape index (κ2) is 6.66. The summed E-state index contributed by atoms with van der Waals surface area (Å²) in [6, 6.07) is 4.59. The Hall–Kier alpha value is -1.42. The molecule has 0 unspecified atom stereocenters. The van der Waals surface area contributed by atoms with E-state index in [0.717, 1.165) is 18.4 Å². The normalized spacial score (nSPS) is 11.4. The first kappa shape index (κ1) is 15.6. The molecule has 0 heterocycles. The minimum atomic E-state index is -0.649. The first-order chi connectivity index (χ1) is 8.95. The zero-order valence-electron chi connectivity index (χ0n) is 12.0. The summed E-state index contributed by atoms with van der Waals surface area (Å²) in [4.78, 5) is 11.3. The monoisotopic (exact) mass is 267 g/mol. The first-order valence-electron chi connectivity index (χ1n) is 6.57. The van der Waals surface area contributed by atoms with E-state index in [1.807, 2.05) is 0 Å². The van der Waals surface area contributed by atoms with Crippen LogP contribution in [0.25, 0.3) is 0 Å². The molecule has 0 aliphatic carbocycles. The van der Waals surface area contributed by atoms with Crippen molar-refractivity contribution in [3.05, 3.63) is 35.1 Å². The SMILES string of the molecule is CCC(C)(CC)NCc1ccc(C(=O)OC)c(F)c1. The van der Waals surface area contributed by atoms with Crippen LogP contribution in [0.2, 0.25) is 0 Å². The van der Waals surface area contributed by atoms with E-state index in [1.165, 1.54) is 19.2 Å². The average Bonchev–Trinajstić information content (AvgIpc) is 2.44. The van der Waals surface area contributed by atoms with E-state index in [0.29, 0.717) is 6.54 Å². The van der Waals surface area contributed by atoms with E-state index < -0.39 is 11.8 Å². The average molecular weight is 267 g/mol. The number of halogens is 1. The Morgan fingerprint density at radius 2 is 2.00 bits per heavy atom. The molecule has 1 rings (SSSR count). The summed E-state index contributed by atoms with van der Waals surface area (Å²) < 4.78 is 18.3. The molecule has 0 amide bonds. The minimum Gasteiger partial charge on any atom is -0.465 e. The van der Waals surface area contributed by atoms with E-state index in [1.54, 1.807) is 6.07 Å². The Kier molecular flexibility index (Phi) is 5.48. The molecule has 106 valence electrons. The molecule has 19 heavy (non-hydrogen) atoms. The second-order valence-electron chi connectivity index (χ2n) is 4.93. The summed E-state index contributed by atoms with van der Waals surface area (Å²) in [6.45, 7) is 6.97. The molecule has 3 nitrogen and oxygen atoms in total. The number of hydrogen-bond acceptors (Lipinski definition) is 3. The molecule has 0 atom stereocenters. The van der Waals surface area contributed by atoms with Gasteiger partial charge in [-0.3, -0.25) is 0 Å². The number of esters is 1. The van der Waals surface area contributed by atoms with Gasteiger partial charge in [-0.25, -0.2) is 9.18 Å². The van der Waals surface area contributed by atoms with Crippen molar-refractivity contribution in [3.8, 4) is 0 Å². The van der Waals surface area contributed by atoms with Crippen molar-refractivity contribution in [2.75, 3.05) is 7.11 Å². The van der Waals surface area contributed by atoms with Crippen LogP contribution in [-0.2, 0) is 11.3 Å². The molecule has 4 heteroatoms. The Bertz CT molecular complexity index is 442. The van der Waals surface area contributed by atoms with Gasteiger partial charge in [0.1, 0.15) is 5.82 Å². The third-order valence-corrected chi connectivity index (χ3v) is 3.72. The predicted molar refractivity (Wildman–Crippen MR) is 73.6 cm³/mol. The molecule has 0 saturated heterocycles.